The van der Waals surface area contributed by atoms with Gasteiger partial charge < -0.3 is 24.8 Å². The number of benzene rings is 3. The number of esters is 1. The van der Waals surface area contributed by atoms with Crippen LogP contribution in [0.4, 0.5) is 11.4 Å². The lowest BCUT2D eigenvalue weighted by molar-refractivity contribution is -0.145. The number of hydrogen-bond acceptors (Lipinski definition) is 7. The largest absolute Gasteiger partial charge is 0.492 e. The minimum atomic E-state index is -0.881. The summed E-state index contributed by atoms with van der Waals surface area (Å²) in [5, 5.41) is 6.92. The van der Waals surface area contributed by atoms with Gasteiger partial charge >= 0.3 is 5.97 Å². The Labute approximate surface area is 249 Å². The van der Waals surface area contributed by atoms with Gasteiger partial charge in [0.05, 0.1) is 13.2 Å². The van der Waals surface area contributed by atoms with Gasteiger partial charge in [0.15, 0.2) is 0 Å². The zero-order valence-corrected chi connectivity index (χ0v) is 23.9. The summed E-state index contributed by atoms with van der Waals surface area (Å²) in [5.74, 6) is -0.164. The standard InChI is InChI=1S/C31H31Cl2N3O5/c32-23-18-27(33)26-16-22(30(35-28(26)19-23)31(38)41-20-21-4-2-1-3-5-21)17-29(37)34-24-6-8-25(9-7-24)40-15-12-36-10-13-39-14-11-36/h1-9,17-19,30,35H,10-16,20H2,(H,34,37). The van der Waals surface area contributed by atoms with Crippen LogP contribution >= 0.6 is 23.2 Å². The molecule has 41 heavy (non-hydrogen) atoms. The predicted molar refractivity (Wildman–Crippen MR) is 160 cm³/mol. The van der Waals surface area contributed by atoms with Crippen LogP contribution in [0.1, 0.15) is 11.1 Å². The van der Waals surface area contributed by atoms with Crippen molar-refractivity contribution in [1.82, 2.24) is 4.90 Å². The summed E-state index contributed by atoms with van der Waals surface area (Å²) >= 11 is 12.7. The van der Waals surface area contributed by atoms with E-state index in [1.54, 1.807) is 24.3 Å². The van der Waals surface area contributed by atoms with Crippen LogP contribution in [-0.4, -0.2) is 62.3 Å². The van der Waals surface area contributed by atoms with Crippen molar-refractivity contribution < 1.29 is 23.8 Å². The number of carbonyl (C=O) groups is 2. The second kappa shape index (κ2) is 13.9. The molecule has 0 saturated carbocycles. The molecule has 2 N–H and O–H groups in total. The highest BCUT2D eigenvalue weighted by molar-refractivity contribution is 6.35. The van der Waals surface area contributed by atoms with E-state index in [1.165, 1.54) is 6.08 Å². The summed E-state index contributed by atoms with van der Waals surface area (Å²) in [5.41, 5.74) is 3.37. The van der Waals surface area contributed by atoms with E-state index in [4.69, 9.17) is 37.4 Å². The van der Waals surface area contributed by atoms with E-state index < -0.39 is 12.0 Å². The first-order valence-electron chi connectivity index (χ1n) is 13.4. The number of rotatable bonds is 9. The second-order valence-corrected chi connectivity index (χ2v) is 10.6. The number of ether oxygens (including phenoxy) is 3. The molecule has 8 nitrogen and oxygen atoms in total. The molecule has 0 aliphatic carbocycles. The Kier molecular flexibility index (Phi) is 9.80. The van der Waals surface area contributed by atoms with Gasteiger partial charge in [-0.15, -0.1) is 0 Å². The molecule has 1 fully saturated rings. The van der Waals surface area contributed by atoms with E-state index in [9.17, 15) is 9.59 Å². The van der Waals surface area contributed by atoms with Gasteiger partial charge in [-0.3, -0.25) is 9.69 Å². The molecule has 1 saturated heterocycles. The number of amides is 1. The Hall–Kier alpha value is -3.56. The molecule has 0 bridgehead atoms. The van der Waals surface area contributed by atoms with Gasteiger partial charge in [0.1, 0.15) is 25.0 Å². The van der Waals surface area contributed by atoms with Crippen LogP contribution in [0.15, 0.2) is 78.4 Å². The number of nitrogens with one attached hydrogen (secondary N) is 2. The molecule has 10 heteroatoms. The van der Waals surface area contributed by atoms with E-state index in [0.29, 0.717) is 33.6 Å². The summed E-state index contributed by atoms with van der Waals surface area (Å²) in [6, 6.07) is 19.0. The number of halogens is 2. The SMILES string of the molecule is O=C(C=C1Cc2c(Cl)cc(Cl)cc2NC1C(=O)OCc1ccccc1)Nc1ccc(OCCN2CCOCC2)cc1. The molecule has 1 unspecified atom stereocenters. The average molecular weight is 597 g/mol. The maximum absolute atomic E-state index is 13.2. The average Bonchev–Trinajstić information content (AvgIpc) is 2.98. The van der Waals surface area contributed by atoms with Crippen molar-refractivity contribution in [1.29, 1.82) is 0 Å². The molecular weight excluding hydrogens is 565 g/mol. The third-order valence-electron chi connectivity index (χ3n) is 6.89. The molecule has 1 atom stereocenters. The van der Waals surface area contributed by atoms with Gasteiger partial charge in [0.25, 0.3) is 0 Å². The second-order valence-electron chi connectivity index (χ2n) is 9.80. The van der Waals surface area contributed by atoms with Crippen LogP contribution in [0.2, 0.25) is 10.0 Å². The Morgan fingerprint density at radius 2 is 1.80 bits per heavy atom. The maximum atomic E-state index is 13.2. The molecule has 2 aliphatic heterocycles. The fraction of sp³-hybridized carbons (Fsp3) is 0.290. The number of nitrogens with zero attached hydrogens (tertiary/aromatic N) is 1. The molecule has 3 aromatic carbocycles. The van der Waals surface area contributed by atoms with Gasteiger partial charge in [-0.25, -0.2) is 4.79 Å². The molecular formula is C31H31Cl2N3O5. The quantitative estimate of drug-likeness (QED) is 0.254. The number of morpholine rings is 1. The van der Waals surface area contributed by atoms with Crippen LogP contribution in [0, 0.1) is 0 Å². The summed E-state index contributed by atoms with van der Waals surface area (Å²) in [4.78, 5) is 28.5. The highest BCUT2D eigenvalue weighted by Gasteiger charge is 2.32. The number of fused-ring (bicyclic) bond motifs is 1. The molecule has 2 heterocycles. The summed E-state index contributed by atoms with van der Waals surface area (Å²) < 4.78 is 16.8. The van der Waals surface area contributed by atoms with Gasteiger partial charge in [0.2, 0.25) is 5.91 Å². The lowest BCUT2D eigenvalue weighted by Crippen LogP contribution is -2.38. The topological polar surface area (TPSA) is 89.1 Å². The van der Waals surface area contributed by atoms with Crippen molar-refractivity contribution in [3.05, 3.63) is 99.6 Å². The third kappa shape index (κ3) is 8.01. The van der Waals surface area contributed by atoms with Gasteiger partial charge in [-0.1, -0.05) is 53.5 Å². The third-order valence-corrected chi connectivity index (χ3v) is 7.45. The molecule has 0 spiro atoms. The van der Waals surface area contributed by atoms with Crippen molar-refractivity contribution in [2.75, 3.05) is 50.1 Å². The minimum Gasteiger partial charge on any atom is -0.492 e. The van der Waals surface area contributed by atoms with E-state index >= 15 is 0 Å². The van der Waals surface area contributed by atoms with Crippen LogP contribution in [-0.2, 0) is 32.1 Å². The van der Waals surface area contributed by atoms with Crippen LogP contribution in [0.5, 0.6) is 5.75 Å². The van der Waals surface area contributed by atoms with Crippen molar-refractivity contribution in [2.45, 2.75) is 19.1 Å². The Balaban J connectivity index is 1.24. The Morgan fingerprint density at radius 1 is 1.05 bits per heavy atom. The summed E-state index contributed by atoms with van der Waals surface area (Å²) in [6.45, 7) is 4.85. The molecule has 2 aliphatic rings. The van der Waals surface area contributed by atoms with E-state index in [1.807, 2.05) is 42.5 Å². The maximum Gasteiger partial charge on any atom is 0.333 e. The normalized spacial score (nSPS) is 17.8. The van der Waals surface area contributed by atoms with Crippen molar-refractivity contribution in [3.8, 4) is 5.75 Å². The molecule has 0 aromatic heterocycles. The summed E-state index contributed by atoms with van der Waals surface area (Å²) in [7, 11) is 0. The van der Waals surface area contributed by atoms with Gasteiger partial charge in [0, 0.05) is 47.1 Å². The lowest BCUT2D eigenvalue weighted by Gasteiger charge is -2.29. The van der Waals surface area contributed by atoms with Gasteiger partial charge in [-0.05, 0) is 59.5 Å². The Morgan fingerprint density at radius 3 is 2.56 bits per heavy atom. The number of hydrogen-bond donors (Lipinski definition) is 2. The fourth-order valence-electron chi connectivity index (χ4n) is 4.72. The molecule has 3 aromatic rings. The zero-order chi connectivity index (χ0) is 28.6. The van der Waals surface area contributed by atoms with Crippen molar-refractivity contribution >= 4 is 46.5 Å². The lowest BCUT2D eigenvalue weighted by atomic mass is 9.92. The minimum absolute atomic E-state index is 0.112. The smallest absolute Gasteiger partial charge is 0.333 e. The highest BCUT2D eigenvalue weighted by Crippen LogP contribution is 2.36. The fourth-order valence-corrected chi connectivity index (χ4v) is 5.28. The van der Waals surface area contributed by atoms with Crippen LogP contribution in [0.25, 0.3) is 0 Å². The number of anilines is 2. The van der Waals surface area contributed by atoms with Crippen LogP contribution in [0.3, 0.4) is 0 Å². The first-order chi connectivity index (χ1) is 19.9. The molecule has 1 amide bonds. The summed E-state index contributed by atoms with van der Waals surface area (Å²) in [6.07, 6.45) is 1.70. The number of carbonyl (C=O) groups excluding carboxylic acids is 2. The molecule has 214 valence electrons. The highest BCUT2D eigenvalue weighted by atomic mass is 35.5. The Bertz CT molecular complexity index is 1390. The van der Waals surface area contributed by atoms with Gasteiger partial charge in [-0.2, -0.15) is 0 Å². The molecule has 0 radical (unpaired) electrons. The van der Waals surface area contributed by atoms with E-state index in [0.717, 1.165) is 49.7 Å². The molecule has 5 rings (SSSR count). The zero-order valence-electron chi connectivity index (χ0n) is 22.4. The van der Waals surface area contributed by atoms with E-state index in [-0.39, 0.29) is 18.9 Å². The van der Waals surface area contributed by atoms with Crippen molar-refractivity contribution in [2.24, 2.45) is 0 Å². The first kappa shape index (κ1) is 29.0. The van der Waals surface area contributed by atoms with Crippen molar-refractivity contribution in [3.63, 3.8) is 0 Å². The predicted octanol–water partition coefficient (Wildman–Crippen LogP) is 5.35. The van der Waals surface area contributed by atoms with E-state index in [2.05, 4.69) is 15.5 Å². The van der Waals surface area contributed by atoms with Crippen LogP contribution < -0.4 is 15.4 Å². The monoisotopic (exact) mass is 595 g/mol. The first-order valence-corrected chi connectivity index (χ1v) is 14.2.